The van der Waals surface area contributed by atoms with E-state index in [2.05, 4.69) is 24.7 Å². The Bertz CT molecular complexity index is 880. The summed E-state index contributed by atoms with van der Waals surface area (Å²) in [6.07, 6.45) is 3.31. The minimum Gasteiger partial charge on any atom is -0.480 e. The molecule has 1 unspecified atom stereocenters. The lowest BCUT2D eigenvalue weighted by Crippen LogP contribution is -2.57. The van der Waals surface area contributed by atoms with Crippen molar-refractivity contribution >= 4 is 17.4 Å². The number of amides is 1. The van der Waals surface area contributed by atoms with Crippen LogP contribution in [-0.4, -0.2) is 91.2 Å². The lowest BCUT2D eigenvalue weighted by Gasteiger charge is -2.41. The van der Waals surface area contributed by atoms with Gasteiger partial charge in [0.25, 0.3) is 0 Å². The number of ether oxygens (including phenoxy) is 1. The maximum absolute atomic E-state index is 13.2. The Balaban J connectivity index is 1.27. The Kier molecular flexibility index (Phi) is 6.50. The number of carbonyl (C=O) groups excluding carboxylic acids is 1. The number of hydrogen-bond acceptors (Lipinski definition) is 7. The average Bonchev–Trinajstić information content (AvgIpc) is 2.84. The van der Waals surface area contributed by atoms with Crippen molar-refractivity contribution in [3.8, 4) is 5.88 Å². The molecule has 0 aliphatic carbocycles. The number of benzene rings is 1. The second kappa shape index (κ2) is 9.47. The second-order valence-electron chi connectivity index (χ2n) is 7.91. The van der Waals surface area contributed by atoms with E-state index in [1.165, 1.54) is 12.1 Å². The summed E-state index contributed by atoms with van der Waals surface area (Å²) in [6, 6.07) is 6.45. The summed E-state index contributed by atoms with van der Waals surface area (Å²) >= 11 is 0. The molecular formula is C22H29FN6O2. The van der Waals surface area contributed by atoms with Crippen LogP contribution in [0.5, 0.6) is 5.88 Å². The van der Waals surface area contributed by atoms with Gasteiger partial charge in [0.1, 0.15) is 5.82 Å². The third-order valence-corrected chi connectivity index (χ3v) is 6.14. The fraction of sp³-hybridized carbons (Fsp3) is 0.500. The van der Waals surface area contributed by atoms with E-state index in [1.807, 2.05) is 24.0 Å². The van der Waals surface area contributed by atoms with E-state index in [0.717, 1.165) is 50.8 Å². The van der Waals surface area contributed by atoms with E-state index in [9.17, 15) is 9.18 Å². The number of hydrogen-bond donors (Lipinski definition) is 0. The van der Waals surface area contributed by atoms with E-state index in [0.29, 0.717) is 19.0 Å². The minimum absolute atomic E-state index is 0.154. The van der Waals surface area contributed by atoms with Crippen LogP contribution in [0.1, 0.15) is 6.92 Å². The number of anilines is 2. The highest BCUT2D eigenvalue weighted by atomic mass is 19.1. The first-order valence-electron chi connectivity index (χ1n) is 10.7. The molecule has 2 fully saturated rings. The Morgan fingerprint density at radius 3 is 2.26 bits per heavy atom. The van der Waals surface area contributed by atoms with Crippen LogP contribution >= 0.6 is 0 Å². The highest BCUT2D eigenvalue weighted by Crippen LogP contribution is 2.20. The Morgan fingerprint density at radius 1 is 0.968 bits per heavy atom. The van der Waals surface area contributed by atoms with Crippen LogP contribution in [0.25, 0.3) is 0 Å². The number of aromatic nitrogens is 2. The van der Waals surface area contributed by atoms with Gasteiger partial charge in [0.15, 0.2) is 5.82 Å². The van der Waals surface area contributed by atoms with Crippen molar-refractivity contribution in [3.05, 3.63) is 42.5 Å². The van der Waals surface area contributed by atoms with Gasteiger partial charge in [-0.25, -0.2) is 4.39 Å². The number of carbonyl (C=O) groups is 1. The predicted octanol–water partition coefficient (Wildman–Crippen LogP) is 1.48. The maximum atomic E-state index is 13.2. The van der Waals surface area contributed by atoms with Crippen LogP contribution in [-0.2, 0) is 4.79 Å². The Morgan fingerprint density at radius 2 is 1.61 bits per heavy atom. The van der Waals surface area contributed by atoms with Gasteiger partial charge in [0, 0.05) is 58.0 Å². The van der Waals surface area contributed by atoms with E-state index in [4.69, 9.17) is 4.74 Å². The zero-order valence-corrected chi connectivity index (χ0v) is 18.1. The number of nitrogens with zero attached hydrogens (tertiary/aromatic N) is 6. The molecule has 2 aliphatic heterocycles. The van der Waals surface area contributed by atoms with Gasteiger partial charge in [-0.2, -0.15) is 4.98 Å². The van der Waals surface area contributed by atoms with Crippen molar-refractivity contribution in [2.75, 3.05) is 69.3 Å². The standard InChI is InChI=1S/C22H29FN6O2/c1-17(26-7-9-27(10-8-26)19-5-3-18(23)4-6-19)22(30)29-13-11-28(12-14-29)20-15-24-16-21(25-20)31-2/h3-6,15-17H,7-14H2,1-2H3. The first-order valence-corrected chi connectivity index (χ1v) is 10.7. The van der Waals surface area contributed by atoms with E-state index < -0.39 is 0 Å². The molecule has 1 aromatic carbocycles. The first-order chi connectivity index (χ1) is 15.0. The second-order valence-corrected chi connectivity index (χ2v) is 7.91. The summed E-state index contributed by atoms with van der Waals surface area (Å²) in [5, 5.41) is 0. The summed E-state index contributed by atoms with van der Waals surface area (Å²) in [5.41, 5.74) is 1.02. The van der Waals surface area contributed by atoms with Gasteiger partial charge in [-0.3, -0.25) is 14.7 Å². The van der Waals surface area contributed by atoms with E-state index >= 15 is 0 Å². The zero-order chi connectivity index (χ0) is 21.8. The van der Waals surface area contributed by atoms with Crippen LogP contribution in [0, 0.1) is 5.82 Å². The molecule has 8 nitrogen and oxygen atoms in total. The van der Waals surface area contributed by atoms with Gasteiger partial charge < -0.3 is 19.4 Å². The summed E-state index contributed by atoms with van der Waals surface area (Å²) < 4.78 is 18.3. The highest BCUT2D eigenvalue weighted by molar-refractivity contribution is 5.81. The molecule has 1 aromatic heterocycles. The fourth-order valence-corrected chi connectivity index (χ4v) is 4.18. The molecule has 0 N–H and O–H groups in total. The molecule has 166 valence electrons. The van der Waals surface area contributed by atoms with Crippen molar-refractivity contribution in [1.29, 1.82) is 0 Å². The van der Waals surface area contributed by atoms with Gasteiger partial charge in [0.05, 0.1) is 25.5 Å². The predicted molar refractivity (Wildman–Crippen MR) is 117 cm³/mol. The Hall–Kier alpha value is -2.94. The van der Waals surface area contributed by atoms with Gasteiger partial charge in [-0.1, -0.05) is 0 Å². The van der Waals surface area contributed by atoms with Crippen LogP contribution in [0.4, 0.5) is 15.9 Å². The van der Waals surface area contributed by atoms with E-state index in [1.54, 1.807) is 19.5 Å². The lowest BCUT2D eigenvalue weighted by molar-refractivity contribution is -0.136. The molecular weight excluding hydrogens is 399 g/mol. The summed E-state index contributed by atoms with van der Waals surface area (Å²) in [4.78, 5) is 30.2. The SMILES string of the molecule is COc1cncc(N2CCN(C(=O)C(C)N3CCN(c4ccc(F)cc4)CC3)CC2)n1. The molecule has 1 amide bonds. The molecule has 2 saturated heterocycles. The molecule has 0 radical (unpaired) electrons. The van der Waals surface area contributed by atoms with E-state index in [-0.39, 0.29) is 17.8 Å². The number of piperazine rings is 2. The number of methoxy groups -OCH3 is 1. The molecule has 3 heterocycles. The molecule has 2 aliphatic rings. The largest absolute Gasteiger partial charge is 0.480 e. The maximum Gasteiger partial charge on any atom is 0.239 e. The Labute approximate surface area is 182 Å². The smallest absolute Gasteiger partial charge is 0.239 e. The molecule has 2 aromatic rings. The monoisotopic (exact) mass is 428 g/mol. The molecule has 9 heteroatoms. The molecule has 0 saturated carbocycles. The third kappa shape index (κ3) is 4.87. The number of rotatable bonds is 5. The topological polar surface area (TPSA) is 65.0 Å². The van der Waals surface area contributed by atoms with Crippen molar-refractivity contribution in [2.45, 2.75) is 13.0 Å². The first kappa shape index (κ1) is 21.3. The molecule has 4 rings (SSSR count). The van der Waals surface area contributed by atoms with Crippen LogP contribution < -0.4 is 14.5 Å². The van der Waals surface area contributed by atoms with Crippen molar-refractivity contribution < 1.29 is 13.9 Å². The minimum atomic E-state index is -0.222. The highest BCUT2D eigenvalue weighted by Gasteiger charge is 2.31. The molecule has 0 spiro atoms. The van der Waals surface area contributed by atoms with Crippen molar-refractivity contribution in [2.24, 2.45) is 0 Å². The quantitative estimate of drug-likeness (QED) is 0.715. The summed E-state index contributed by atoms with van der Waals surface area (Å²) in [7, 11) is 1.57. The van der Waals surface area contributed by atoms with Crippen LogP contribution in [0.15, 0.2) is 36.7 Å². The third-order valence-electron chi connectivity index (χ3n) is 6.14. The normalized spacial score (nSPS) is 18.7. The molecule has 1 atom stereocenters. The van der Waals surface area contributed by atoms with Crippen molar-refractivity contribution in [3.63, 3.8) is 0 Å². The zero-order valence-electron chi connectivity index (χ0n) is 18.1. The van der Waals surface area contributed by atoms with Gasteiger partial charge >= 0.3 is 0 Å². The van der Waals surface area contributed by atoms with Crippen molar-refractivity contribution in [1.82, 2.24) is 19.8 Å². The summed E-state index contributed by atoms with van der Waals surface area (Å²) in [5.74, 6) is 1.22. The number of halogens is 1. The summed E-state index contributed by atoms with van der Waals surface area (Å²) in [6.45, 7) is 8.03. The molecule has 0 bridgehead atoms. The van der Waals surface area contributed by atoms with Gasteiger partial charge in [0.2, 0.25) is 11.8 Å². The molecule has 31 heavy (non-hydrogen) atoms. The van der Waals surface area contributed by atoms with Crippen LogP contribution in [0.2, 0.25) is 0 Å². The average molecular weight is 429 g/mol. The van der Waals surface area contributed by atoms with Gasteiger partial charge in [-0.05, 0) is 31.2 Å². The fourth-order valence-electron chi connectivity index (χ4n) is 4.18. The van der Waals surface area contributed by atoms with Gasteiger partial charge in [-0.15, -0.1) is 0 Å². The lowest BCUT2D eigenvalue weighted by atomic mass is 10.1. The van der Waals surface area contributed by atoms with Crippen LogP contribution in [0.3, 0.4) is 0 Å².